The summed E-state index contributed by atoms with van der Waals surface area (Å²) in [5, 5.41) is 18.2. The molecule has 0 bridgehead atoms. The van der Waals surface area contributed by atoms with Gasteiger partial charge in [0.25, 0.3) is 0 Å². The van der Waals surface area contributed by atoms with Crippen molar-refractivity contribution in [3.8, 4) is 0 Å². The van der Waals surface area contributed by atoms with E-state index in [1.807, 2.05) is 30.6 Å². The molecule has 1 unspecified atom stereocenters. The fourth-order valence-corrected chi connectivity index (χ4v) is 1.75. The molecule has 2 N–H and O–H groups in total. The van der Waals surface area contributed by atoms with Crippen molar-refractivity contribution in [1.82, 2.24) is 0 Å². The molecule has 0 fully saturated rings. The van der Waals surface area contributed by atoms with Gasteiger partial charge >= 0.3 is 7.12 Å². The van der Waals surface area contributed by atoms with Gasteiger partial charge in [-0.1, -0.05) is 24.3 Å². The van der Waals surface area contributed by atoms with E-state index in [0.717, 1.165) is 0 Å². The van der Waals surface area contributed by atoms with Crippen molar-refractivity contribution in [3.05, 3.63) is 24.3 Å². The third-order valence-corrected chi connectivity index (χ3v) is 3.15. The first-order valence-electron chi connectivity index (χ1n) is 3.47. The summed E-state index contributed by atoms with van der Waals surface area (Å²) in [5.41, 5.74) is 0. The third-order valence-electron chi connectivity index (χ3n) is 1.88. The lowest BCUT2D eigenvalue weighted by Crippen LogP contribution is -2.41. The Hall–Kier alpha value is -0.185. The van der Waals surface area contributed by atoms with E-state index in [1.165, 1.54) is 11.8 Å². The second-order valence-corrected chi connectivity index (χ2v) is 3.69. The van der Waals surface area contributed by atoms with E-state index in [-0.39, 0.29) is 0 Å². The van der Waals surface area contributed by atoms with Crippen LogP contribution < -0.4 is 0 Å². The van der Waals surface area contributed by atoms with E-state index in [4.69, 9.17) is 10.0 Å². The summed E-state index contributed by atoms with van der Waals surface area (Å²) < 4.78 is -0.519. The zero-order valence-electron chi connectivity index (χ0n) is 6.40. The van der Waals surface area contributed by atoms with E-state index >= 15 is 0 Å². The first-order valence-corrected chi connectivity index (χ1v) is 4.69. The minimum absolute atomic E-state index is 0.519. The quantitative estimate of drug-likeness (QED) is 0.596. The fourth-order valence-electron chi connectivity index (χ4n) is 1.07. The van der Waals surface area contributed by atoms with Crippen LogP contribution in [0.4, 0.5) is 0 Å². The van der Waals surface area contributed by atoms with Gasteiger partial charge in [0, 0.05) is 0 Å². The summed E-state index contributed by atoms with van der Waals surface area (Å²) >= 11 is 1.46. The normalized spacial score (nSPS) is 29.0. The molecule has 0 spiro atoms. The number of allylic oxidation sites excluding steroid dienone is 3. The highest BCUT2D eigenvalue weighted by Gasteiger charge is 2.38. The van der Waals surface area contributed by atoms with Gasteiger partial charge in [0.15, 0.2) is 0 Å². The van der Waals surface area contributed by atoms with E-state index in [2.05, 4.69) is 0 Å². The molecule has 0 aromatic heterocycles. The Bertz CT molecular complexity index is 191. The molecule has 0 aromatic carbocycles. The molecule has 0 amide bonds. The highest BCUT2D eigenvalue weighted by Crippen LogP contribution is 2.32. The second kappa shape index (κ2) is 3.47. The number of rotatable bonds is 2. The highest BCUT2D eigenvalue weighted by atomic mass is 32.2. The lowest BCUT2D eigenvalue weighted by molar-refractivity contribution is 0.389. The van der Waals surface area contributed by atoms with Crippen LogP contribution in [0, 0.1) is 0 Å². The standard InChI is InChI=1S/C7H11BO2S/c1-11-7(8(9)10)5-3-2-4-6-7/h2-5,9-10H,6H2,1H3. The van der Waals surface area contributed by atoms with Gasteiger partial charge in [-0.25, -0.2) is 0 Å². The summed E-state index contributed by atoms with van der Waals surface area (Å²) in [4.78, 5) is 0. The van der Waals surface area contributed by atoms with Crippen molar-refractivity contribution >= 4 is 18.9 Å². The van der Waals surface area contributed by atoms with Gasteiger partial charge < -0.3 is 10.0 Å². The number of hydrogen-bond donors (Lipinski definition) is 2. The van der Waals surface area contributed by atoms with Crippen LogP contribution in [0.1, 0.15) is 6.42 Å². The average Bonchev–Trinajstić information content (AvgIpc) is 2.05. The van der Waals surface area contributed by atoms with Crippen LogP contribution in [-0.2, 0) is 0 Å². The molecule has 0 saturated carbocycles. The minimum Gasteiger partial charge on any atom is -0.426 e. The van der Waals surface area contributed by atoms with E-state index < -0.39 is 11.8 Å². The van der Waals surface area contributed by atoms with Crippen molar-refractivity contribution < 1.29 is 10.0 Å². The highest BCUT2D eigenvalue weighted by molar-refractivity contribution is 8.01. The van der Waals surface area contributed by atoms with Crippen LogP contribution in [0.15, 0.2) is 24.3 Å². The van der Waals surface area contributed by atoms with Crippen molar-refractivity contribution in [2.75, 3.05) is 6.26 Å². The molecule has 1 aliphatic rings. The molecule has 0 aromatic rings. The lowest BCUT2D eigenvalue weighted by atomic mass is 9.68. The summed E-state index contributed by atoms with van der Waals surface area (Å²) in [6, 6.07) is 0. The summed E-state index contributed by atoms with van der Waals surface area (Å²) in [7, 11) is -1.28. The van der Waals surface area contributed by atoms with Gasteiger partial charge in [0.2, 0.25) is 0 Å². The van der Waals surface area contributed by atoms with Gasteiger partial charge in [-0.15, -0.1) is 0 Å². The maximum absolute atomic E-state index is 9.08. The Balaban J connectivity index is 2.77. The van der Waals surface area contributed by atoms with Crippen LogP contribution in [0.3, 0.4) is 0 Å². The Kier molecular flexibility index (Phi) is 2.81. The molecule has 0 radical (unpaired) electrons. The van der Waals surface area contributed by atoms with Crippen LogP contribution in [-0.4, -0.2) is 28.1 Å². The van der Waals surface area contributed by atoms with Gasteiger partial charge in [-0.05, 0) is 12.7 Å². The Morgan fingerprint density at radius 1 is 1.45 bits per heavy atom. The van der Waals surface area contributed by atoms with Gasteiger partial charge in [0.05, 0.1) is 4.65 Å². The van der Waals surface area contributed by atoms with Gasteiger partial charge in [-0.2, -0.15) is 11.8 Å². The predicted octanol–water partition coefficient (Wildman–Crippen LogP) is 0.616. The van der Waals surface area contributed by atoms with E-state index in [0.29, 0.717) is 6.42 Å². The first-order chi connectivity index (χ1) is 5.21. The molecule has 4 heteroatoms. The van der Waals surface area contributed by atoms with Crippen molar-refractivity contribution in [3.63, 3.8) is 0 Å². The molecule has 60 valence electrons. The molecular formula is C7H11BO2S. The molecule has 0 heterocycles. The van der Waals surface area contributed by atoms with Crippen LogP contribution >= 0.6 is 11.8 Å². The molecule has 1 atom stereocenters. The summed E-state index contributed by atoms with van der Waals surface area (Å²) in [6.07, 6.45) is 10.1. The lowest BCUT2D eigenvalue weighted by Gasteiger charge is -2.27. The van der Waals surface area contributed by atoms with Gasteiger partial charge in [0.1, 0.15) is 0 Å². The predicted molar refractivity (Wildman–Crippen MR) is 49.3 cm³/mol. The molecule has 0 saturated heterocycles. The van der Waals surface area contributed by atoms with Crippen molar-refractivity contribution in [1.29, 1.82) is 0 Å². The first kappa shape index (κ1) is 8.91. The fraction of sp³-hybridized carbons (Fsp3) is 0.429. The summed E-state index contributed by atoms with van der Waals surface area (Å²) in [6.45, 7) is 0. The van der Waals surface area contributed by atoms with Crippen molar-refractivity contribution in [2.45, 2.75) is 11.1 Å². The van der Waals surface area contributed by atoms with Crippen LogP contribution in [0.2, 0.25) is 0 Å². The average molecular weight is 170 g/mol. The molecule has 2 nitrogen and oxygen atoms in total. The Morgan fingerprint density at radius 3 is 2.45 bits per heavy atom. The van der Waals surface area contributed by atoms with E-state index in [9.17, 15) is 0 Å². The SMILES string of the molecule is CSC1(B(O)O)C=CC=CC1. The third kappa shape index (κ3) is 1.69. The van der Waals surface area contributed by atoms with E-state index in [1.54, 1.807) is 0 Å². The molecule has 11 heavy (non-hydrogen) atoms. The zero-order chi connectivity index (χ0) is 8.32. The topological polar surface area (TPSA) is 40.5 Å². The zero-order valence-corrected chi connectivity index (χ0v) is 7.21. The van der Waals surface area contributed by atoms with Crippen molar-refractivity contribution in [2.24, 2.45) is 0 Å². The molecular weight excluding hydrogens is 159 g/mol. The smallest absolute Gasteiger partial charge is 0.426 e. The van der Waals surface area contributed by atoms with Crippen LogP contribution in [0.25, 0.3) is 0 Å². The Labute approximate surface area is 71.1 Å². The largest absolute Gasteiger partial charge is 0.473 e. The van der Waals surface area contributed by atoms with Gasteiger partial charge in [-0.3, -0.25) is 0 Å². The Morgan fingerprint density at radius 2 is 2.18 bits per heavy atom. The molecule has 1 aliphatic carbocycles. The maximum Gasteiger partial charge on any atom is 0.473 e. The monoisotopic (exact) mass is 170 g/mol. The molecule has 0 aliphatic heterocycles. The summed E-state index contributed by atoms with van der Waals surface area (Å²) in [5.74, 6) is 0. The van der Waals surface area contributed by atoms with Crippen LogP contribution in [0.5, 0.6) is 0 Å². The number of thioether (sulfide) groups is 1. The number of hydrogen-bond acceptors (Lipinski definition) is 3. The maximum atomic E-state index is 9.08. The molecule has 1 rings (SSSR count). The minimum atomic E-state index is -1.28. The second-order valence-electron chi connectivity index (χ2n) is 2.52.